The van der Waals surface area contributed by atoms with E-state index in [4.69, 9.17) is 9.47 Å². The van der Waals surface area contributed by atoms with Crippen molar-refractivity contribution in [1.29, 1.82) is 0 Å². The largest absolute Gasteiger partial charge is 0.497 e. The van der Waals surface area contributed by atoms with Gasteiger partial charge in [0.25, 0.3) is 11.8 Å². The van der Waals surface area contributed by atoms with Crippen LogP contribution in [0.2, 0.25) is 0 Å². The van der Waals surface area contributed by atoms with Crippen molar-refractivity contribution in [2.45, 2.75) is 12.5 Å². The number of esters is 1. The number of nitrogens with one attached hydrogen (secondary N) is 2. The fourth-order valence-electron chi connectivity index (χ4n) is 3.35. The molecule has 0 saturated heterocycles. The van der Waals surface area contributed by atoms with E-state index in [-0.39, 0.29) is 17.9 Å². The summed E-state index contributed by atoms with van der Waals surface area (Å²) in [5.74, 6) is -0.735. The Kier molecular flexibility index (Phi) is 5.66. The van der Waals surface area contributed by atoms with Crippen LogP contribution in [0.5, 0.6) is 5.75 Å². The Morgan fingerprint density at radius 1 is 0.935 bits per heavy atom. The number of cyclic esters (lactones) is 1. The summed E-state index contributed by atoms with van der Waals surface area (Å²) in [5.41, 5.74) is 2.42. The average Bonchev–Trinajstić information content (AvgIpc) is 2.80. The summed E-state index contributed by atoms with van der Waals surface area (Å²) in [6.07, 6.45) is -0.700. The molecule has 1 aliphatic rings. The van der Waals surface area contributed by atoms with Crippen LogP contribution < -0.4 is 15.4 Å². The Hall–Kier alpha value is -4.13. The van der Waals surface area contributed by atoms with Gasteiger partial charge >= 0.3 is 5.97 Å². The number of rotatable bonds is 5. The van der Waals surface area contributed by atoms with Crippen molar-refractivity contribution in [3.05, 3.63) is 89.5 Å². The molecule has 0 fully saturated rings. The second kappa shape index (κ2) is 8.71. The highest BCUT2D eigenvalue weighted by Gasteiger charge is 2.31. The summed E-state index contributed by atoms with van der Waals surface area (Å²) < 4.78 is 10.4. The highest BCUT2D eigenvalue weighted by Crippen LogP contribution is 2.23. The third kappa shape index (κ3) is 4.40. The maximum atomic E-state index is 12.8. The molecule has 1 aliphatic heterocycles. The predicted octanol–water partition coefficient (Wildman–Crippen LogP) is 3.67. The summed E-state index contributed by atoms with van der Waals surface area (Å²) in [5, 5.41) is 5.51. The van der Waals surface area contributed by atoms with Crippen LogP contribution in [0.1, 0.15) is 26.3 Å². The van der Waals surface area contributed by atoms with E-state index in [2.05, 4.69) is 10.6 Å². The minimum absolute atomic E-state index is 0.272. The van der Waals surface area contributed by atoms with Crippen LogP contribution in [-0.4, -0.2) is 31.0 Å². The van der Waals surface area contributed by atoms with Gasteiger partial charge in [0.1, 0.15) is 5.75 Å². The molecule has 2 amide bonds. The molecule has 2 N–H and O–H groups in total. The number of fused-ring (bicyclic) bond motifs is 1. The van der Waals surface area contributed by atoms with E-state index < -0.39 is 18.0 Å². The molecular formula is C24H20N2O5. The first-order chi connectivity index (χ1) is 15.0. The number of hydrogen-bond acceptors (Lipinski definition) is 5. The summed E-state index contributed by atoms with van der Waals surface area (Å²) in [6.45, 7) is 0. The van der Waals surface area contributed by atoms with Crippen molar-refractivity contribution in [2.24, 2.45) is 0 Å². The molecule has 7 heteroatoms. The minimum Gasteiger partial charge on any atom is -0.497 e. The molecule has 0 saturated carbocycles. The van der Waals surface area contributed by atoms with Gasteiger partial charge in [-0.05, 0) is 48.0 Å². The van der Waals surface area contributed by atoms with E-state index in [0.717, 1.165) is 5.56 Å². The number of benzene rings is 3. The first-order valence-corrected chi connectivity index (χ1v) is 9.69. The fourth-order valence-corrected chi connectivity index (χ4v) is 3.35. The second-order valence-electron chi connectivity index (χ2n) is 6.97. The Morgan fingerprint density at radius 3 is 2.42 bits per heavy atom. The number of anilines is 2. The molecule has 7 nitrogen and oxygen atoms in total. The molecule has 156 valence electrons. The number of methoxy groups -OCH3 is 1. The topological polar surface area (TPSA) is 93.7 Å². The molecule has 0 aliphatic carbocycles. The van der Waals surface area contributed by atoms with Crippen LogP contribution in [0.25, 0.3) is 0 Å². The molecule has 31 heavy (non-hydrogen) atoms. The third-order valence-electron chi connectivity index (χ3n) is 4.96. The number of carbonyl (C=O) groups excluding carboxylic acids is 3. The molecule has 0 bridgehead atoms. The highest BCUT2D eigenvalue weighted by molar-refractivity contribution is 6.10. The first kappa shape index (κ1) is 20.2. The molecular weight excluding hydrogens is 396 g/mol. The van der Waals surface area contributed by atoms with Gasteiger partial charge < -0.3 is 20.1 Å². The summed E-state index contributed by atoms with van der Waals surface area (Å²) in [6, 6.07) is 20.6. The summed E-state index contributed by atoms with van der Waals surface area (Å²) >= 11 is 0. The van der Waals surface area contributed by atoms with Gasteiger partial charge in [0.15, 0.2) is 6.10 Å². The number of ether oxygens (including phenoxy) is 2. The quantitative estimate of drug-likeness (QED) is 0.619. The molecule has 0 spiro atoms. The normalized spacial score (nSPS) is 14.7. The third-order valence-corrected chi connectivity index (χ3v) is 4.96. The molecule has 1 atom stereocenters. The van der Waals surface area contributed by atoms with Gasteiger partial charge in [-0.1, -0.05) is 30.3 Å². The monoisotopic (exact) mass is 416 g/mol. The van der Waals surface area contributed by atoms with Crippen molar-refractivity contribution in [3.63, 3.8) is 0 Å². The Balaban J connectivity index is 1.49. The number of carbonyl (C=O) groups is 3. The van der Waals surface area contributed by atoms with Crippen molar-refractivity contribution in [2.75, 3.05) is 17.7 Å². The lowest BCUT2D eigenvalue weighted by molar-refractivity contribution is -0.125. The maximum Gasteiger partial charge on any atom is 0.339 e. The molecule has 3 aromatic carbocycles. The van der Waals surface area contributed by atoms with Crippen molar-refractivity contribution >= 4 is 29.2 Å². The average molecular weight is 416 g/mol. The van der Waals surface area contributed by atoms with Crippen molar-refractivity contribution in [1.82, 2.24) is 0 Å². The minimum atomic E-state index is -0.972. The molecule has 4 rings (SSSR count). The van der Waals surface area contributed by atoms with Gasteiger partial charge in [0.2, 0.25) is 0 Å². The van der Waals surface area contributed by atoms with Crippen LogP contribution in [0.15, 0.2) is 72.8 Å². The summed E-state index contributed by atoms with van der Waals surface area (Å²) in [7, 11) is 1.56. The van der Waals surface area contributed by atoms with Gasteiger partial charge in [-0.3, -0.25) is 9.59 Å². The SMILES string of the molecule is COc1ccc(NC(=O)c2ccccc2NC(=O)[C@@H]2Cc3ccccc3C(=O)O2)cc1. The van der Waals surface area contributed by atoms with Crippen LogP contribution in [0.4, 0.5) is 11.4 Å². The standard InChI is InChI=1S/C24H20N2O5/c1-30-17-12-10-16(11-13-17)25-22(27)19-8-4-5-9-20(19)26-23(28)21-14-15-6-2-3-7-18(15)24(29)31-21/h2-13,21H,14H2,1H3,(H,25,27)(H,26,28)/t21-/m0/s1. The van der Waals surface area contributed by atoms with E-state index in [9.17, 15) is 14.4 Å². The molecule has 0 unspecified atom stereocenters. The molecule has 0 radical (unpaired) electrons. The number of amides is 2. The Labute approximate surface area is 179 Å². The highest BCUT2D eigenvalue weighted by atomic mass is 16.5. The molecule has 3 aromatic rings. The fraction of sp³-hybridized carbons (Fsp3) is 0.125. The van der Waals surface area contributed by atoms with Crippen LogP contribution in [0, 0.1) is 0 Å². The Bertz CT molecular complexity index is 1140. The van der Waals surface area contributed by atoms with Crippen molar-refractivity contribution < 1.29 is 23.9 Å². The van der Waals surface area contributed by atoms with E-state index >= 15 is 0 Å². The van der Waals surface area contributed by atoms with Gasteiger partial charge in [0, 0.05) is 12.1 Å². The van der Waals surface area contributed by atoms with Gasteiger partial charge in [-0.2, -0.15) is 0 Å². The second-order valence-corrected chi connectivity index (χ2v) is 6.97. The van der Waals surface area contributed by atoms with E-state index in [0.29, 0.717) is 22.7 Å². The lowest BCUT2D eigenvalue weighted by atomic mass is 9.98. The zero-order valence-corrected chi connectivity index (χ0v) is 16.8. The first-order valence-electron chi connectivity index (χ1n) is 9.69. The predicted molar refractivity (Wildman–Crippen MR) is 115 cm³/mol. The van der Waals surface area contributed by atoms with Crippen molar-refractivity contribution in [3.8, 4) is 5.75 Å². The van der Waals surface area contributed by atoms with E-state index in [1.807, 2.05) is 6.07 Å². The van der Waals surface area contributed by atoms with Crippen LogP contribution in [0.3, 0.4) is 0 Å². The van der Waals surface area contributed by atoms with Gasteiger partial charge in [-0.15, -0.1) is 0 Å². The lowest BCUT2D eigenvalue weighted by Crippen LogP contribution is -2.38. The number of hydrogen-bond donors (Lipinski definition) is 2. The molecule has 1 heterocycles. The van der Waals surface area contributed by atoms with Gasteiger partial charge in [-0.25, -0.2) is 4.79 Å². The molecule has 0 aromatic heterocycles. The van der Waals surface area contributed by atoms with E-state index in [1.165, 1.54) is 0 Å². The summed E-state index contributed by atoms with van der Waals surface area (Å²) in [4.78, 5) is 37.8. The van der Waals surface area contributed by atoms with Crippen LogP contribution >= 0.6 is 0 Å². The van der Waals surface area contributed by atoms with Gasteiger partial charge in [0.05, 0.1) is 23.9 Å². The zero-order chi connectivity index (χ0) is 21.8. The zero-order valence-electron chi connectivity index (χ0n) is 16.8. The maximum absolute atomic E-state index is 12.8. The van der Waals surface area contributed by atoms with E-state index in [1.54, 1.807) is 73.8 Å². The lowest BCUT2D eigenvalue weighted by Gasteiger charge is -2.24. The number of para-hydroxylation sites is 1. The smallest absolute Gasteiger partial charge is 0.339 e. The van der Waals surface area contributed by atoms with Crippen LogP contribution in [-0.2, 0) is 16.0 Å². The Morgan fingerprint density at radius 2 is 1.65 bits per heavy atom.